The van der Waals surface area contributed by atoms with E-state index in [-0.39, 0.29) is 32.6 Å². The lowest BCUT2D eigenvalue weighted by Gasteiger charge is -2.44. The maximum absolute atomic E-state index is 14.4. The van der Waals surface area contributed by atoms with Gasteiger partial charge in [0.15, 0.2) is 6.10 Å². The first-order chi connectivity index (χ1) is 35.2. The number of carboxylic acid groups (broad SMARTS) is 1. The van der Waals surface area contributed by atoms with Gasteiger partial charge >= 0.3 is 11.9 Å². The number of aryl methyl sites for hydroxylation is 3. The van der Waals surface area contributed by atoms with Crippen LogP contribution in [0.25, 0.3) is 6.08 Å². The minimum Gasteiger partial charge on any atom is -0.478 e. The molecule has 75 heavy (non-hydrogen) atoms. The number of hydrogen-bond acceptors (Lipinski definition) is 5. The third kappa shape index (κ3) is 12.2. The van der Waals surface area contributed by atoms with Gasteiger partial charge in [0.25, 0.3) is 0 Å². The fourth-order valence-corrected chi connectivity index (χ4v) is 11.6. The van der Waals surface area contributed by atoms with Crippen LogP contribution in [0.5, 0.6) is 0 Å². The Bertz CT molecular complexity index is 3150. The van der Waals surface area contributed by atoms with E-state index in [9.17, 15) is 19.8 Å². The number of ether oxygens (including phenoxy) is 1. The summed E-state index contributed by atoms with van der Waals surface area (Å²) < 4.78 is 6.48. The molecule has 6 aromatic rings. The molecule has 6 heteroatoms. The molecule has 2 aliphatic carbocycles. The molecular weight excluding hydrogens is 923 g/mol. The van der Waals surface area contributed by atoms with Crippen molar-refractivity contribution < 1.29 is 24.5 Å². The van der Waals surface area contributed by atoms with Gasteiger partial charge < -0.3 is 19.8 Å². The zero-order chi connectivity index (χ0) is 54.3. The average Bonchev–Trinajstić information content (AvgIpc) is 3.36. The Kier molecular flexibility index (Phi) is 15.4. The largest absolute Gasteiger partial charge is 0.478 e. The minimum absolute atomic E-state index is 0.0241. The Morgan fingerprint density at radius 3 is 1.77 bits per heavy atom. The van der Waals surface area contributed by atoms with Gasteiger partial charge in [0.05, 0.1) is 17.2 Å². The first-order valence-electron chi connectivity index (χ1n) is 26.9. The summed E-state index contributed by atoms with van der Waals surface area (Å²) in [6.07, 6.45) is 8.81. The summed E-state index contributed by atoms with van der Waals surface area (Å²) in [5, 5.41) is 21.4. The predicted molar refractivity (Wildman–Crippen MR) is 308 cm³/mol. The van der Waals surface area contributed by atoms with Crippen molar-refractivity contribution in [1.82, 2.24) is 0 Å². The first-order valence-corrected chi connectivity index (χ1v) is 26.9. The van der Waals surface area contributed by atoms with Crippen LogP contribution in [0.3, 0.4) is 0 Å². The van der Waals surface area contributed by atoms with E-state index in [2.05, 4.69) is 180 Å². The second-order valence-electron chi connectivity index (χ2n) is 25.1. The molecule has 0 bridgehead atoms. The highest BCUT2D eigenvalue weighted by molar-refractivity contribution is 5.90. The Morgan fingerprint density at radius 1 is 0.667 bits per heavy atom. The Balaban J connectivity index is 1.09. The third-order valence-electron chi connectivity index (χ3n) is 16.6. The molecule has 2 unspecified atom stereocenters. The number of nitrogens with zero attached hydrogens (tertiary/aromatic N) is 1. The third-order valence-corrected chi connectivity index (χ3v) is 16.6. The fraction of sp³-hybridized carbons (Fsp3) is 0.391. The molecule has 2 atom stereocenters. The summed E-state index contributed by atoms with van der Waals surface area (Å²) in [7, 11) is 4.12. The molecule has 0 fully saturated rings. The van der Waals surface area contributed by atoms with Crippen molar-refractivity contribution >= 4 is 23.7 Å². The molecule has 0 spiro atoms. The fourth-order valence-electron chi connectivity index (χ4n) is 11.6. The molecule has 390 valence electrons. The maximum atomic E-state index is 14.4. The zero-order valence-corrected chi connectivity index (χ0v) is 46.9. The lowest BCUT2D eigenvalue weighted by atomic mass is 9.60. The van der Waals surface area contributed by atoms with E-state index < -0.39 is 24.1 Å². The normalized spacial score (nSPS) is 16.9. The highest BCUT2D eigenvalue weighted by Gasteiger charge is 2.41. The van der Waals surface area contributed by atoms with E-state index >= 15 is 0 Å². The highest BCUT2D eigenvalue weighted by atomic mass is 16.5. The summed E-state index contributed by atoms with van der Waals surface area (Å²) in [5.41, 5.74) is 16.1. The van der Waals surface area contributed by atoms with Gasteiger partial charge in [-0.3, -0.25) is 0 Å². The van der Waals surface area contributed by atoms with Gasteiger partial charge in [-0.1, -0.05) is 166 Å². The van der Waals surface area contributed by atoms with Gasteiger partial charge in [-0.25, -0.2) is 9.59 Å². The number of aliphatic hydroxyl groups is 1. The van der Waals surface area contributed by atoms with Crippen molar-refractivity contribution in [3.63, 3.8) is 0 Å². The summed E-state index contributed by atoms with van der Waals surface area (Å²) in [5.74, 6) is 5.03. The van der Waals surface area contributed by atoms with Gasteiger partial charge in [0, 0.05) is 30.9 Å². The number of esters is 1. The van der Waals surface area contributed by atoms with Crippen LogP contribution in [0.1, 0.15) is 200 Å². The molecule has 0 aromatic heterocycles. The Morgan fingerprint density at radius 2 is 1.20 bits per heavy atom. The van der Waals surface area contributed by atoms with Crippen LogP contribution < -0.4 is 4.90 Å². The van der Waals surface area contributed by atoms with Crippen LogP contribution in [-0.4, -0.2) is 36.2 Å². The van der Waals surface area contributed by atoms with E-state index in [0.717, 1.165) is 61.6 Å². The molecule has 0 saturated carbocycles. The quantitative estimate of drug-likeness (QED) is 0.0835. The number of benzene rings is 6. The Labute approximate surface area is 448 Å². The van der Waals surface area contributed by atoms with E-state index in [4.69, 9.17) is 4.74 Å². The lowest BCUT2D eigenvalue weighted by molar-refractivity contribution is 0.0406. The van der Waals surface area contributed by atoms with Crippen molar-refractivity contribution in [3.05, 3.63) is 211 Å². The summed E-state index contributed by atoms with van der Waals surface area (Å²) in [4.78, 5) is 28.2. The van der Waals surface area contributed by atoms with Crippen molar-refractivity contribution in [1.29, 1.82) is 0 Å². The smallest absolute Gasteiger partial charge is 0.339 e. The van der Waals surface area contributed by atoms with Gasteiger partial charge in [0.1, 0.15) is 0 Å². The second-order valence-corrected chi connectivity index (χ2v) is 25.1. The van der Waals surface area contributed by atoms with E-state index in [1.54, 1.807) is 24.3 Å². The number of fused-ring (bicyclic) bond motifs is 2. The highest BCUT2D eigenvalue weighted by Crippen LogP contribution is 2.51. The zero-order valence-electron chi connectivity index (χ0n) is 46.9. The number of aromatic carboxylic acids is 1. The number of hydrogen-bond donors (Lipinski definition) is 2. The van der Waals surface area contributed by atoms with Crippen molar-refractivity contribution in [2.75, 3.05) is 19.0 Å². The molecular formula is C69H79NO5. The lowest BCUT2D eigenvalue weighted by Crippen LogP contribution is -2.36. The maximum Gasteiger partial charge on any atom is 0.339 e. The molecule has 0 aliphatic heterocycles. The van der Waals surface area contributed by atoms with Gasteiger partial charge in [-0.05, 0) is 189 Å². The molecule has 6 aromatic carbocycles. The topological polar surface area (TPSA) is 87.1 Å². The molecule has 2 aliphatic rings. The summed E-state index contributed by atoms with van der Waals surface area (Å²) >= 11 is 0. The number of anilines is 1. The molecule has 2 N–H and O–H groups in total. The van der Waals surface area contributed by atoms with Crippen molar-refractivity contribution in [2.24, 2.45) is 0 Å². The SMILES string of the molecule is Cc1ccc(C(C)(C)Cc2cc(C(C#Cc3ccc(C(=O)O)cc3)OC(=O)c3ccc(C=CC(O)c4cc(CCc5ccc(N(C)C)cc5)c5c(c4)C(C)(C)CCC5(C)C)cc3)cc3c2C(C)(C)CCC3(C)C)cc1. The van der Waals surface area contributed by atoms with Gasteiger partial charge in [0.2, 0.25) is 0 Å². The van der Waals surface area contributed by atoms with Crippen LogP contribution in [0, 0.1) is 18.8 Å². The molecule has 6 nitrogen and oxygen atoms in total. The number of carbonyl (C=O) groups is 2. The summed E-state index contributed by atoms with van der Waals surface area (Å²) in [6.45, 7) is 25.4. The van der Waals surface area contributed by atoms with Crippen molar-refractivity contribution in [3.8, 4) is 11.8 Å². The first kappa shape index (κ1) is 54.6. The average molecular weight is 1000 g/mol. The van der Waals surface area contributed by atoms with Crippen LogP contribution in [0.2, 0.25) is 0 Å². The monoisotopic (exact) mass is 1000 g/mol. The van der Waals surface area contributed by atoms with Crippen LogP contribution in [0.15, 0.2) is 127 Å². The number of rotatable bonds is 14. The van der Waals surface area contributed by atoms with Crippen LogP contribution >= 0.6 is 0 Å². The summed E-state index contributed by atoms with van der Waals surface area (Å²) in [6, 6.07) is 40.3. The standard InChI is InChI=1S/C69H79NO5/c1-45-14-30-55(31-15-45)69(10,11)44-54-41-53(43-58-62(54)68(8,9)39-37-66(58,4)5)60(35-24-47-16-25-49(26-17-47)63(72)73)75-64(74)50-27-18-46(19-28-50)23-34-59(71)52-40-51(29-20-48-21-32-56(33-22-48)70(12)13)61-57(42-52)65(2,3)36-38-67(61,6)7/h14-19,21-23,25-28,30-34,40-43,59-60,71H,20,29,36-39,44H2,1-13H3,(H,72,73). The van der Waals surface area contributed by atoms with E-state index in [0.29, 0.717) is 11.1 Å². The number of aliphatic hydroxyl groups excluding tert-OH is 1. The van der Waals surface area contributed by atoms with Crippen molar-refractivity contribution in [2.45, 2.75) is 160 Å². The minimum atomic E-state index is -1.01. The molecule has 8 rings (SSSR count). The molecule has 0 amide bonds. The van der Waals surface area contributed by atoms with E-state index in [1.807, 2.05) is 24.3 Å². The molecule has 0 heterocycles. The van der Waals surface area contributed by atoms with Crippen LogP contribution in [0.4, 0.5) is 5.69 Å². The molecule has 0 radical (unpaired) electrons. The van der Waals surface area contributed by atoms with Crippen LogP contribution in [-0.2, 0) is 51.1 Å². The van der Waals surface area contributed by atoms with E-state index in [1.165, 1.54) is 67.9 Å². The predicted octanol–water partition coefficient (Wildman–Crippen LogP) is 15.5. The Hall–Kier alpha value is -6.68. The van der Waals surface area contributed by atoms with Gasteiger partial charge in [-0.2, -0.15) is 0 Å². The van der Waals surface area contributed by atoms with Gasteiger partial charge in [-0.15, -0.1) is 0 Å². The number of carbonyl (C=O) groups excluding carboxylic acids is 1. The number of carboxylic acids is 1. The second kappa shape index (κ2) is 21.2. The molecule has 0 saturated heterocycles.